The Morgan fingerprint density at radius 3 is 2.46 bits per heavy atom. The summed E-state index contributed by atoms with van der Waals surface area (Å²) in [7, 11) is 0. The first-order valence-electron chi connectivity index (χ1n) is 7.91. The zero-order valence-corrected chi connectivity index (χ0v) is 14.4. The Bertz CT molecular complexity index is 622. The Balaban J connectivity index is 2.06. The lowest BCUT2D eigenvalue weighted by atomic mass is 9.80. The lowest BCUT2D eigenvalue weighted by Gasteiger charge is -2.23. The van der Waals surface area contributed by atoms with Gasteiger partial charge in [-0.05, 0) is 18.4 Å². The van der Waals surface area contributed by atoms with Gasteiger partial charge in [-0.3, -0.25) is 9.59 Å². The van der Waals surface area contributed by atoms with Crippen LogP contribution in [0, 0.1) is 0 Å². The summed E-state index contributed by atoms with van der Waals surface area (Å²) in [6.07, 6.45) is 1.91. The highest BCUT2D eigenvalue weighted by atomic mass is 32.1. The molecule has 6 heteroatoms. The fourth-order valence-corrected chi connectivity index (χ4v) is 2.89. The van der Waals surface area contributed by atoms with Crippen molar-refractivity contribution in [2.24, 2.45) is 0 Å². The lowest BCUT2D eigenvalue weighted by molar-refractivity contribution is -0.144. The molecule has 0 radical (unpaired) electrons. The molecule has 128 valence electrons. The minimum absolute atomic E-state index is 0.0888. The number of Topliss-reactive ketones (excluding diaryl/α,β-unsaturated/α-hetero) is 2. The molecular weight excluding hydrogens is 326 g/mol. The van der Waals surface area contributed by atoms with Crippen LogP contribution in [0.15, 0.2) is 42.1 Å². The Hall–Kier alpha value is -2.08. The van der Waals surface area contributed by atoms with Gasteiger partial charge in [-0.2, -0.15) is 12.6 Å². The number of thiol groups is 1. The van der Waals surface area contributed by atoms with E-state index in [0.717, 1.165) is 5.56 Å². The minimum Gasteiger partial charge on any atom is -0.464 e. The maximum atomic E-state index is 12.3. The molecule has 0 aliphatic heterocycles. The first kappa shape index (κ1) is 18.3. The molecule has 1 unspecified atom stereocenters. The molecule has 1 atom stereocenters. The van der Waals surface area contributed by atoms with Crippen molar-refractivity contribution in [1.29, 1.82) is 0 Å². The number of carbonyl (C=O) groups is 3. The molecule has 1 saturated carbocycles. The van der Waals surface area contributed by atoms with E-state index < -0.39 is 12.0 Å². The van der Waals surface area contributed by atoms with Gasteiger partial charge in [0.25, 0.3) is 0 Å². The monoisotopic (exact) mass is 347 g/mol. The Morgan fingerprint density at radius 1 is 1.29 bits per heavy atom. The number of nitrogens with one attached hydrogen (secondary N) is 1. The fraction of sp³-hybridized carbons (Fsp3) is 0.389. The molecule has 24 heavy (non-hydrogen) atoms. The Morgan fingerprint density at radius 2 is 1.92 bits per heavy atom. The van der Waals surface area contributed by atoms with Gasteiger partial charge >= 0.3 is 5.97 Å². The number of ketones is 2. The summed E-state index contributed by atoms with van der Waals surface area (Å²) in [6, 6.07) is 8.86. The van der Waals surface area contributed by atoms with E-state index >= 15 is 0 Å². The molecule has 0 amide bonds. The Kier molecular flexibility index (Phi) is 6.61. The molecule has 1 aromatic rings. The number of hydrogen-bond acceptors (Lipinski definition) is 6. The first-order valence-corrected chi connectivity index (χ1v) is 8.55. The van der Waals surface area contributed by atoms with Crippen LogP contribution in [-0.4, -0.2) is 35.9 Å². The average molecular weight is 347 g/mol. The predicted octanol–water partition coefficient (Wildman–Crippen LogP) is 2.04. The number of esters is 1. The molecular formula is C18H21NO4S. The van der Waals surface area contributed by atoms with E-state index in [1.165, 1.54) is 6.20 Å². The van der Waals surface area contributed by atoms with Gasteiger partial charge < -0.3 is 10.1 Å². The molecule has 1 N–H and O–H groups in total. The SMILES string of the molecule is CCOC(=O)C(CS)NC=C1C(=O)CC(c2ccccc2)CC1=O. The van der Waals surface area contributed by atoms with Gasteiger partial charge in [0.1, 0.15) is 6.04 Å². The number of rotatable bonds is 6. The van der Waals surface area contributed by atoms with Crippen LogP contribution in [0.4, 0.5) is 0 Å². The van der Waals surface area contributed by atoms with E-state index in [1.54, 1.807) is 6.92 Å². The first-order chi connectivity index (χ1) is 11.6. The van der Waals surface area contributed by atoms with E-state index in [4.69, 9.17) is 4.74 Å². The summed E-state index contributed by atoms with van der Waals surface area (Å²) in [6.45, 7) is 1.97. The third-order valence-electron chi connectivity index (χ3n) is 3.92. The Labute approximate surface area is 146 Å². The van der Waals surface area contributed by atoms with Gasteiger partial charge in [-0.15, -0.1) is 0 Å². The smallest absolute Gasteiger partial charge is 0.329 e. The van der Waals surface area contributed by atoms with Crippen molar-refractivity contribution in [2.75, 3.05) is 12.4 Å². The summed E-state index contributed by atoms with van der Waals surface area (Å²) < 4.78 is 4.91. The number of ether oxygens (including phenoxy) is 1. The molecule has 1 fully saturated rings. The minimum atomic E-state index is -0.687. The van der Waals surface area contributed by atoms with Crippen LogP contribution < -0.4 is 5.32 Å². The maximum Gasteiger partial charge on any atom is 0.329 e. The van der Waals surface area contributed by atoms with E-state index in [9.17, 15) is 14.4 Å². The molecule has 2 rings (SSSR count). The van der Waals surface area contributed by atoms with Crippen molar-refractivity contribution in [3.05, 3.63) is 47.7 Å². The molecule has 5 nitrogen and oxygen atoms in total. The van der Waals surface area contributed by atoms with Crippen molar-refractivity contribution in [1.82, 2.24) is 5.32 Å². The zero-order chi connectivity index (χ0) is 17.5. The zero-order valence-electron chi connectivity index (χ0n) is 13.5. The molecule has 0 bridgehead atoms. The van der Waals surface area contributed by atoms with Crippen LogP contribution in [0.25, 0.3) is 0 Å². The van der Waals surface area contributed by atoms with E-state index in [1.807, 2.05) is 30.3 Å². The standard InChI is InChI=1S/C18H21NO4S/c1-2-23-18(22)15(11-24)19-10-14-16(20)8-13(9-17(14)21)12-6-4-3-5-7-12/h3-7,10,13,15,19,24H,2,8-9,11H2,1H3. The molecule has 1 aliphatic carbocycles. The van der Waals surface area contributed by atoms with E-state index in [2.05, 4.69) is 17.9 Å². The average Bonchev–Trinajstić information content (AvgIpc) is 2.58. The number of benzene rings is 1. The largest absolute Gasteiger partial charge is 0.464 e. The second-order valence-electron chi connectivity index (χ2n) is 5.57. The van der Waals surface area contributed by atoms with Gasteiger partial charge in [0.2, 0.25) is 0 Å². The molecule has 0 aromatic heterocycles. The van der Waals surface area contributed by atoms with Gasteiger partial charge in [0.05, 0.1) is 12.2 Å². The van der Waals surface area contributed by atoms with Crippen LogP contribution >= 0.6 is 12.6 Å². The second kappa shape index (κ2) is 8.68. The predicted molar refractivity (Wildman–Crippen MR) is 93.9 cm³/mol. The topological polar surface area (TPSA) is 72.5 Å². The summed E-state index contributed by atoms with van der Waals surface area (Å²) in [5.74, 6) is -0.766. The molecule has 1 aromatic carbocycles. The van der Waals surface area contributed by atoms with Crippen LogP contribution in [0.5, 0.6) is 0 Å². The van der Waals surface area contributed by atoms with Crippen molar-refractivity contribution in [2.45, 2.75) is 31.7 Å². The molecule has 0 spiro atoms. The van der Waals surface area contributed by atoms with E-state index in [0.29, 0.717) is 0 Å². The number of hydrogen-bond donors (Lipinski definition) is 2. The quantitative estimate of drug-likeness (QED) is 0.357. The highest BCUT2D eigenvalue weighted by Crippen LogP contribution is 2.31. The number of allylic oxidation sites excluding steroid dienone is 1. The van der Waals surface area contributed by atoms with Gasteiger partial charge in [0.15, 0.2) is 11.6 Å². The van der Waals surface area contributed by atoms with Gasteiger partial charge in [0, 0.05) is 24.8 Å². The summed E-state index contributed by atoms with van der Waals surface area (Å²) in [5, 5.41) is 2.78. The van der Waals surface area contributed by atoms with Gasteiger partial charge in [-0.25, -0.2) is 4.79 Å². The van der Waals surface area contributed by atoms with Crippen LogP contribution in [0.3, 0.4) is 0 Å². The molecule has 1 aliphatic rings. The maximum absolute atomic E-state index is 12.3. The highest BCUT2D eigenvalue weighted by molar-refractivity contribution is 7.80. The summed E-state index contributed by atoms with van der Waals surface area (Å²) in [4.78, 5) is 36.4. The number of carbonyl (C=O) groups excluding carboxylic acids is 3. The van der Waals surface area contributed by atoms with Crippen molar-refractivity contribution < 1.29 is 19.1 Å². The van der Waals surface area contributed by atoms with Crippen LogP contribution in [0.2, 0.25) is 0 Å². The molecule has 0 heterocycles. The van der Waals surface area contributed by atoms with E-state index in [-0.39, 0.29) is 48.3 Å². The lowest BCUT2D eigenvalue weighted by Crippen LogP contribution is -2.38. The van der Waals surface area contributed by atoms with Crippen molar-refractivity contribution >= 4 is 30.2 Å². The fourth-order valence-electron chi connectivity index (χ4n) is 2.64. The highest BCUT2D eigenvalue weighted by Gasteiger charge is 2.31. The van der Waals surface area contributed by atoms with Gasteiger partial charge in [-0.1, -0.05) is 30.3 Å². The normalized spacial score (nSPS) is 18.9. The summed E-state index contributed by atoms with van der Waals surface area (Å²) in [5.41, 5.74) is 1.10. The molecule has 0 saturated heterocycles. The van der Waals surface area contributed by atoms with Crippen LogP contribution in [0.1, 0.15) is 31.2 Å². The van der Waals surface area contributed by atoms with Crippen molar-refractivity contribution in [3.8, 4) is 0 Å². The second-order valence-corrected chi connectivity index (χ2v) is 5.94. The third-order valence-corrected chi connectivity index (χ3v) is 4.28. The van der Waals surface area contributed by atoms with Crippen LogP contribution in [-0.2, 0) is 19.1 Å². The van der Waals surface area contributed by atoms with Crippen molar-refractivity contribution in [3.63, 3.8) is 0 Å². The summed E-state index contributed by atoms with van der Waals surface area (Å²) >= 11 is 4.09. The third kappa shape index (κ3) is 4.47.